The Balaban J connectivity index is 2.23. The largest absolute Gasteiger partial charge is 0.312 e. The van der Waals surface area contributed by atoms with Crippen molar-refractivity contribution in [1.29, 1.82) is 0 Å². The Hall–Kier alpha value is -0.850. The van der Waals surface area contributed by atoms with Gasteiger partial charge in [0, 0.05) is 10.5 Å². The summed E-state index contributed by atoms with van der Waals surface area (Å²) in [6.45, 7) is 1.95. The van der Waals surface area contributed by atoms with E-state index in [0.717, 1.165) is 27.0 Å². The minimum Gasteiger partial charge on any atom is -0.312 e. The summed E-state index contributed by atoms with van der Waals surface area (Å²) < 4.78 is 17.8. The summed E-state index contributed by atoms with van der Waals surface area (Å²) in [5, 5.41) is 7.27. The molecule has 0 radical (unpaired) electrons. The third-order valence-electron chi connectivity index (χ3n) is 2.79. The maximum absolute atomic E-state index is 13.0. The number of nitrogens with zero attached hydrogens (tertiary/aromatic N) is 2. The second-order valence-corrected chi connectivity index (χ2v) is 5.64. The van der Waals surface area contributed by atoms with Crippen LogP contribution >= 0.6 is 27.5 Å². The minimum atomic E-state index is -0.234. The molecule has 1 heterocycles. The van der Waals surface area contributed by atoms with Gasteiger partial charge in [0.05, 0.1) is 10.6 Å². The van der Waals surface area contributed by atoms with Crippen LogP contribution in [-0.4, -0.2) is 16.6 Å². The zero-order valence-corrected chi connectivity index (χ0v) is 12.5. The van der Waals surface area contributed by atoms with Crippen molar-refractivity contribution in [2.45, 2.75) is 19.4 Å². The molecule has 1 N–H and O–H groups in total. The molecule has 0 saturated carbocycles. The molecule has 3 nitrogen and oxygen atoms in total. The minimum absolute atomic E-state index is 0.145. The highest BCUT2D eigenvalue weighted by atomic mass is 79.9. The van der Waals surface area contributed by atoms with Crippen LogP contribution in [0.1, 0.15) is 22.2 Å². The van der Waals surface area contributed by atoms with Gasteiger partial charge in [-0.2, -0.15) is 0 Å². The summed E-state index contributed by atoms with van der Waals surface area (Å²) in [5.74, 6) is -0.234. The van der Waals surface area contributed by atoms with Gasteiger partial charge in [-0.15, -0.1) is 5.10 Å². The number of hydrogen-bond acceptors (Lipinski definition) is 4. The molecule has 0 aliphatic rings. The van der Waals surface area contributed by atoms with Gasteiger partial charge in [-0.1, -0.05) is 26.5 Å². The lowest BCUT2D eigenvalue weighted by atomic mass is 10.0. The molecular weight excluding hydrogens is 317 g/mol. The molecule has 0 aliphatic heterocycles. The zero-order chi connectivity index (χ0) is 13.1. The van der Waals surface area contributed by atoms with Crippen LogP contribution in [0.5, 0.6) is 0 Å². The molecular formula is C12H13BrFN3S. The first-order valence-corrected chi connectivity index (χ1v) is 7.08. The molecule has 6 heteroatoms. The number of aromatic nitrogens is 2. The fraction of sp³-hybridized carbons (Fsp3) is 0.333. The Morgan fingerprint density at radius 2 is 2.28 bits per heavy atom. The smallest absolute Gasteiger partial charge is 0.124 e. The Labute approximate surface area is 118 Å². The van der Waals surface area contributed by atoms with Gasteiger partial charge in [0.15, 0.2) is 0 Å². The van der Waals surface area contributed by atoms with Gasteiger partial charge in [-0.3, -0.25) is 0 Å². The lowest BCUT2D eigenvalue weighted by molar-refractivity contribution is 0.592. The fourth-order valence-electron chi connectivity index (χ4n) is 1.79. The maximum Gasteiger partial charge on any atom is 0.124 e. The number of benzene rings is 1. The Bertz CT molecular complexity index is 544. The zero-order valence-electron chi connectivity index (χ0n) is 10.1. The number of hydrogen-bond donors (Lipinski definition) is 1. The van der Waals surface area contributed by atoms with E-state index in [0.29, 0.717) is 0 Å². The van der Waals surface area contributed by atoms with Crippen molar-refractivity contribution in [3.05, 3.63) is 44.6 Å². The predicted octanol–water partition coefficient (Wildman–Crippen LogP) is 3.25. The van der Waals surface area contributed by atoms with Gasteiger partial charge in [0.25, 0.3) is 0 Å². The van der Waals surface area contributed by atoms with Gasteiger partial charge in [0.1, 0.15) is 5.82 Å². The lowest BCUT2D eigenvalue weighted by Crippen LogP contribution is -2.18. The average Bonchev–Trinajstić information content (AvgIpc) is 2.75. The summed E-state index contributed by atoms with van der Waals surface area (Å²) in [5.41, 5.74) is 2.00. The third kappa shape index (κ3) is 2.93. The van der Waals surface area contributed by atoms with E-state index in [-0.39, 0.29) is 11.9 Å². The van der Waals surface area contributed by atoms with Crippen LogP contribution in [0.15, 0.2) is 22.7 Å². The maximum atomic E-state index is 13.0. The van der Waals surface area contributed by atoms with E-state index in [1.165, 1.54) is 23.7 Å². The highest BCUT2D eigenvalue weighted by molar-refractivity contribution is 9.10. The van der Waals surface area contributed by atoms with Gasteiger partial charge >= 0.3 is 0 Å². The van der Waals surface area contributed by atoms with E-state index < -0.39 is 0 Å². The van der Waals surface area contributed by atoms with E-state index >= 15 is 0 Å². The number of likely N-dealkylation sites (N-methyl/N-ethyl adjacent to an activating group) is 1. The van der Waals surface area contributed by atoms with Crippen LogP contribution in [0, 0.1) is 12.7 Å². The van der Waals surface area contributed by atoms with Gasteiger partial charge in [0.2, 0.25) is 0 Å². The summed E-state index contributed by atoms with van der Waals surface area (Å²) in [4.78, 5) is 1.12. The Kier molecular flexibility index (Phi) is 4.42. The molecule has 2 aromatic rings. The summed E-state index contributed by atoms with van der Waals surface area (Å²) >= 11 is 4.79. The van der Waals surface area contributed by atoms with Gasteiger partial charge in [-0.25, -0.2) is 4.39 Å². The molecule has 0 spiro atoms. The van der Waals surface area contributed by atoms with Crippen molar-refractivity contribution in [2.24, 2.45) is 0 Å². The van der Waals surface area contributed by atoms with E-state index in [4.69, 9.17) is 0 Å². The van der Waals surface area contributed by atoms with Gasteiger partial charge < -0.3 is 5.32 Å². The molecule has 0 bridgehead atoms. The van der Waals surface area contributed by atoms with Crippen molar-refractivity contribution in [3.63, 3.8) is 0 Å². The first-order valence-electron chi connectivity index (χ1n) is 5.52. The van der Waals surface area contributed by atoms with Crippen molar-refractivity contribution in [1.82, 2.24) is 14.9 Å². The SMILES string of the molecule is CNC(Cc1ccc(F)cc1Br)c1snnc1C. The number of aryl methyl sites for hydroxylation is 1. The summed E-state index contributed by atoms with van der Waals surface area (Å²) in [6.07, 6.45) is 0.766. The molecule has 1 aromatic carbocycles. The fourth-order valence-corrected chi connectivity index (χ4v) is 3.06. The standard InChI is InChI=1S/C12H13BrFN3S/c1-7-12(18-17-16-7)11(15-2)5-8-3-4-9(14)6-10(8)13/h3-4,6,11,15H,5H2,1-2H3. The monoisotopic (exact) mass is 329 g/mol. The van der Waals surface area contributed by atoms with Crippen molar-refractivity contribution in [3.8, 4) is 0 Å². The van der Waals surface area contributed by atoms with Crippen LogP contribution in [0.3, 0.4) is 0 Å². The van der Waals surface area contributed by atoms with Crippen molar-refractivity contribution >= 4 is 27.5 Å². The number of nitrogens with one attached hydrogen (secondary N) is 1. The second-order valence-electron chi connectivity index (χ2n) is 4.00. The normalized spacial score (nSPS) is 12.7. The second kappa shape index (κ2) is 5.86. The Morgan fingerprint density at radius 1 is 1.50 bits per heavy atom. The van der Waals surface area contributed by atoms with E-state index in [2.05, 4.69) is 30.8 Å². The molecule has 0 saturated heterocycles. The quantitative estimate of drug-likeness (QED) is 0.935. The van der Waals surface area contributed by atoms with Crippen LogP contribution in [0.25, 0.3) is 0 Å². The summed E-state index contributed by atoms with van der Waals surface area (Å²) in [7, 11) is 1.90. The average molecular weight is 330 g/mol. The van der Waals surface area contributed by atoms with E-state index in [1.54, 1.807) is 6.07 Å². The lowest BCUT2D eigenvalue weighted by Gasteiger charge is -2.15. The molecule has 18 heavy (non-hydrogen) atoms. The molecule has 96 valence electrons. The Morgan fingerprint density at radius 3 is 2.83 bits per heavy atom. The molecule has 1 atom stereocenters. The third-order valence-corrected chi connectivity index (χ3v) is 4.47. The first-order chi connectivity index (χ1) is 8.61. The van der Waals surface area contributed by atoms with Crippen LogP contribution < -0.4 is 5.32 Å². The van der Waals surface area contributed by atoms with Crippen LogP contribution in [0.4, 0.5) is 4.39 Å². The predicted molar refractivity (Wildman–Crippen MR) is 74.3 cm³/mol. The van der Waals surface area contributed by atoms with E-state index in [9.17, 15) is 4.39 Å². The molecule has 0 amide bonds. The van der Waals surface area contributed by atoms with Gasteiger partial charge in [-0.05, 0) is 49.6 Å². The first kappa shape index (κ1) is 13.6. The van der Waals surface area contributed by atoms with Crippen LogP contribution in [0.2, 0.25) is 0 Å². The van der Waals surface area contributed by atoms with Crippen LogP contribution in [-0.2, 0) is 6.42 Å². The highest BCUT2D eigenvalue weighted by Gasteiger charge is 2.17. The molecule has 2 rings (SSSR count). The number of halogens is 2. The summed E-state index contributed by atoms with van der Waals surface area (Å²) in [6, 6.07) is 4.91. The number of rotatable bonds is 4. The highest BCUT2D eigenvalue weighted by Crippen LogP contribution is 2.27. The molecule has 1 unspecified atom stereocenters. The van der Waals surface area contributed by atoms with Crippen molar-refractivity contribution in [2.75, 3.05) is 7.05 Å². The molecule has 1 aromatic heterocycles. The topological polar surface area (TPSA) is 37.8 Å². The molecule has 0 aliphatic carbocycles. The van der Waals surface area contributed by atoms with Crippen molar-refractivity contribution < 1.29 is 4.39 Å². The van der Waals surface area contributed by atoms with E-state index in [1.807, 2.05) is 14.0 Å². The molecule has 0 fully saturated rings.